The topological polar surface area (TPSA) is 74.6 Å². The number of aromatic carboxylic acids is 1. The number of hydrogen-bond acceptors (Lipinski definition) is 3. The number of carboxylic acids is 1. The molecule has 0 unspecified atom stereocenters. The van der Waals surface area contributed by atoms with E-state index in [1.54, 1.807) is 24.3 Å². The Morgan fingerprint density at radius 1 is 1.16 bits per heavy atom. The molecule has 0 atom stereocenters. The van der Waals surface area contributed by atoms with Crippen molar-refractivity contribution < 1.29 is 19.8 Å². The summed E-state index contributed by atoms with van der Waals surface area (Å²) in [6, 6.07) is 3.60. The Morgan fingerprint density at radius 3 is 2.37 bits per heavy atom. The highest BCUT2D eigenvalue weighted by Gasteiger charge is 2.21. The summed E-state index contributed by atoms with van der Waals surface area (Å²) in [5.41, 5.74) is 0.202. The molecule has 0 saturated carbocycles. The van der Waals surface area contributed by atoms with Crippen LogP contribution in [0.3, 0.4) is 0 Å². The Morgan fingerprint density at radius 2 is 1.79 bits per heavy atom. The van der Waals surface area contributed by atoms with E-state index in [-0.39, 0.29) is 22.8 Å². The van der Waals surface area contributed by atoms with Crippen molar-refractivity contribution in [2.75, 3.05) is 0 Å². The van der Waals surface area contributed by atoms with E-state index in [2.05, 4.69) is 6.58 Å². The lowest BCUT2D eigenvalue weighted by atomic mass is 9.93. The molecule has 0 fully saturated rings. The minimum Gasteiger partial charge on any atom is -0.507 e. The van der Waals surface area contributed by atoms with E-state index >= 15 is 0 Å². The van der Waals surface area contributed by atoms with Gasteiger partial charge in [-0.3, -0.25) is 4.79 Å². The molecule has 0 radical (unpaired) electrons. The lowest BCUT2D eigenvalue weighted by Crippen LogP contribution is -2.10. The third-order valence-corrected chi connectivity index (χ3v) is 2.93. The summed E-state index contributed by atoms with van der Waals surface area (Å²) in [6.07, 6.45) is 7.21. The number of carbonyl (C=O) groups excluding carboxylic acids is 1. The molecule has 1 aromatic rings. The number of hydrogen-bond donors (Lipinski definition) is 2. The van der Waals surface area contributed by atoms with E-state index in [4.69, 9.17) is 5.11 Å². The van der Waals surface area contributed by atoms with E-state index in [1.165, 1.54) is 12.1 Å². The Hall–Kier alpha value is -2.62. The number of Topliss-reactive ketones (excluding diaryl/α,β-unsaturated/α-hetero) is 1. The molecule has 0 aromatic heterocycles. The van der Waals surface area contributed by atoms with Crippen LogP contribution in [0, 0.1) is 5.92 Å². The predicted octanol–water partition coefficient (Wildman–Crippen LogP) is 2.57. The summed E-state index contributed by atoms with van der Waals surface area (Å²) >= 11 is 0. The van der Waals surface area contributed by atoms with Crippen molar-refractivity contribution in [3.05, 3.63) is 65.8 Å². The summed E-state index contributed by atoms with van der Waals surface area (Å²) in [7, 11) is 0. The van der Waals surface area contributed by atoms with Crippen molar-refractivity contribution >= 4 is 11.8 Å². The zero-order valence-electron chi connectivity index (χ0n) is 10.0. The SMILES string of the molecule is C=C(C(=O)c1cc(C(=O)O)ccc1O)C1C=CC=C1. The van der Waals surface area contributed by atoms with E-state index in [1.807, 2.05) is 0 Å². The van der Waals surface area contributed by atoms with E-state index < -0.39 is 11.8 Å². The lowest BCUT2D eigenvalue weighted by Gasteiger charge is -2.10. The van der Waals surface area contributed by atoms with Crippen molar-refractivity contribution in [1.82, 2.24) is 0 Å². The summed E-state index contributed by atoms with van der Waals surface area (Å²) in [5, 5.41) is 18.6. The third kappa shape index (κ3) is 2.47. The summed E-state index contributed by atoms with van der Waals surface area (Å²) in [4.78, 5) is 23.1. The first-order valence-electron chi connectivity index (χ1n) is 5.65. The van der Waals surface area contributed by atoms with Gasteiger partial charge in [-0.25, -0.2) is 4.79 Å². The Labute approximate surface area is 110 Å². The normalized spacial score (nSPS) is 13.7. The van der Waals surface area contributed by atoms with Crippen LogP contribution in [0.15, 0.2) is 54.7 Å². The average molecular weight is 256 g/mol. The van der Waals surface area contributed by atoms with Gasteiger partial charge in [0.25, 0.3) is 0 Å². The Kier molecular flexibility index (Phi) is 3.33. The standard InChI is InChI=1S/C15H12O4/c1-9(10-4-2-3-5-10)14(17)12-8-11(15(18)19)6-7-13(12)16/h2-8,10,16H,1H2,(H,18,19). The molecule has 0 saturated heterocycles. The fraction of sp³-hybridized carbons (Fsp3) is 0.0667. The second-order valence-corrected chi connectivity index (χ2v) is 4.19. The van der Waals surface area contributed by atoms with Crippen LogP contribution in [0.25, 0.3) is 0 Å². The van der Waals surface area contributed by atoms with Crippen LogP contribution in [0.1, 0.15) is 20.7 Å². The number of phenolic OH excluding ortho intramolecular Hbond substituents is 1. The quantitative estimate of drug-likeness (QED) is 0.641. The van der Waals surface area contributed by atoms with Crippen LogP contribution >= 0.6 is 0 Å². The zero-order chi connectivity index (χ0) is 14.0. The molecule has 1 aromatic carbocycles. The van der Waals surface area contributed by atoms with Crippen molar-refractivity contribution in [3.63, 3.8) is 0 Å². The highest BCUT2D eigenvalue weighted by atomic mass is 16.4. The molecule has 1 aliphatic rings. The van der Waals surface area contributed by atoms with E-state index in [9.17, 15) is 14.7 Å². The molecule has 0 amide bonds. The number of ketones is 1. The van der Waals surface area contributed by atoms with Gasteiger partial charge < -0.3 is 10.2 Å². The van der Waals surface area contributed by atoms with Gasteiger partial charge in [-0.2, -0.15) is 0 Å². The first-order valence-corrected chi connectivity index (χ1v) is 5.65. The monoisotopic (exact) mass is 256 g/mol. The van der Waals surface area contributed by atoms with Crippen LogP contribution in [0.5, 0.6) is 5.75 Å². The van der Waals surface area contributed by atoms with Gasteiger partial charge in [0.15, 0.2) is 5.78 Å². The Bertz CT molecular complexity index is 611. The predicted molar refractivity (Wildman–Crippen MR) is 70.3 cm³/mol. The zero-order valence-corrected chi connectivity index (χ0v) is 10.0. The van der Waals surface area contributed by atoms with Crippen molar-refractivity contribution in [2.24, 2.45) is 5.92 Å². The molecule has 0 aliphatic heterocycles. The first kappa shape index (κ1) is 12.8. The van der Waals surface area contributed by atoms with Crippen molar-refractivity contribution in [3.8, 4) is 5.75 Å². The maximum atomic E-state index is 12.2. The highest BCUT2D eigenvalue weighted by molar-refractivity contribution is 6.11. The number of aromatic hydroxyl groups is 1. The van der Waals surface area contributed by atoms with Gasteiger partial charge in [-0.1, -0.05) is 30.9 Å². The van der Waals surface area contributed by atoms with E-state index in [0.29, 0.717) is 5.57 Å². The van der Waals surface area contributed by atoms with Crippen LogP contribution in [-0.2, 0) is 0 Å². The van der Waals surface area contributed by atoms with Crippen molar-refractivity contribution in [1.29, 1.82) is 0 Å². The van der Waals surface area contributed by atoms with Crippen LogP contribution in [-0.4, -0.2) is 22.0 Å². The van der Waals surface area contributed by atoms with Gasteiger partial charge in [0.1, 0.15) is 5.75 Å². The molecule has 1 aliphatic carbocycles. The first-order chi connectivity index (χ1) is 9.00. The number of benzene rings is 1. The second-order valence-electron chi connectivity index (χ2n) is 4.19. The lowest BCUT2D eigenvalue weighted by molar-refractivity contribution is 0.0697. The minimum atomic E-state index is -1.15. The molecule has 2 N–H and O–H groups in total. The molecular weight excluding hydrogens is 244 g/mol. The summed E-state index contributed by atoms with van der Waals surface area (Å²) in [5.74, 6) is -2.07. The third-order valence-electron chi connectivity index (χ3n) is 2.93. The van der Waals surface area contributed by atoms with Gasteiger partial charge >= 0.3 is 5.97 Å². The smallest absolute Gasteiger partial charge is 0.335 e. The van der Waals surface area contributed by atoms with Crippen LogP contribution in [0.2, 0.25) is 0 Å². The van der Waals surface area contributed by atoms with Crippen LogP contribution in [0.4, 0.5) is 0 Å². The van der Waals surface area contributed by atoms with Crippen LogP contribution < -0.4 is 0 Å². The van der Waals surface area contributed by atoms with Gasteiger partial charge in [0.2, 0.25) is 0 Å². The molecule has 0 heterocycles. The Balaban J connectivity index is 2.35. The number of phenols is 1. The number of carboxylic acid groups (broad SMARTS) is 1. The summed E-state index contributed by atoms with van der Waals surface area (Å²) < 4.78 is 0. The molecule has 0 spiro atoms. The molecule has 0 bridgehead atoms. The molecule has 19 heavy (non-hydrogen) atoms. The van der Waals surface area contributed by atoms with Gasteiger partial charge in [0.05, 0.1) is 11.1 Å². The maximum Gasteiger partial charge on any atom is 0.335 e. The minimum absolute atomic E-state index is 0.0430. The average Bonchev–Trinajstić information content (AvgIpc) is 2.91. The molecule has 2 rings (SSSR count). The maximum absolute atomic E-state index is 12.2. The number of allylic oxidation sites excluding steroid dienone is 5. The van der Waals surface area contributed by atoms with Gasteiger partial charge in [-0.15, -0.1) is 0 Å². The second kappa shape index (κ2) is 4.94. The fourth-order valence-electron chi connectivity index (χ4n) is 1.84. The molecule has 4 nitrogen and oxygen atoms in total. The highest BCUT2D eigenvalue weighted by Crippen LogP contribution is 2.26. The molecule has 4 heteroatoms. The fourth-order valence-corrected chi connectivity index (χ4v) is 1.84. The molecule has 96 valence electrons. The van der Waals surface area contributed by atoms with Gasteiger partial charge in [-0.05, 0) is 18.2 Å². The largest absolute Gasteiger partial charge is 0.507 e. The molecular formula is C15H12O4. The number of carbonyl (C=O) groups is 2. The number of rotatable bonds is 4. The van der Waals surface area contributed by atoms with Crippen molar-refractivity contribution in [2.45, 2.75) is 0 Å². The summed E-state index contributed by atoms with van der Waals surface area (Å²) in [6.45, 7) is 3.72. The van der Waals surface area contributed by atoms with E-state index in [0.717, 1.165) is 6.07 Å². The van der Waals surface area contributed by atoms with Gasteiger partial charge in [0, 0.05) is 11.5 Å².